The zero-order chi connectivity index (χ0) is 22.6. The summed E-state index contributed by atoms with van der Waals surface area (Å²) in [4.78, 5) is 44.4. The lowest BCUT2D eigenvalue weighted by atomic mass is 9.66. The van der Waals surface area contributed by atoms with Gasteiger partial charge in [-0.3, -0.25) is 20.2 Å². The molecule has 2 saturated heterocycles. The van der Waals surface area contributed by atoms with E-state index in [-0.39, 0.29) is 18.6 Å². The van der Waals surface area contributed by atoms with Gasteiger partial charge in [0.25, 0.3) is 0 Å². The number of urea groups is 1. The standard InChI is InChI=1S/C23H23N5O4/c1-13-12-28-17-6-4-15(5-7-18-24-8-9-27(18)3)10-16(17)11-23(19(28)14(2)32-13)20(29)25-22(31)26-21(23)30/h4,6,8-10,13-14,19H,11-12H2,1-3H3,(H2,25,26,29,30,31)/t13-,14+,19-/m1/s1. The fourth-order valence-electron chi connectivity index (χ4n) is 5.14. The van der Waals surface area contributed by atoms with Gasteiger partial charge in [-0.2, -0.15) is 0 Å². The Kier molecular flexibility index (Phi) is 4.57. The molecule has 32 heavy (non-hydrogen) atoms. The maximum atomic E-state index is 13.2. The third-order valence-electron chi connectivity index (χ3n) is 6.45. The third kappa shape index (κ3) is 2.99. The molecule has 3 aliphatic heterocycles. The van der Waals surface area contributed by atoms with Gasteiger partial charge in [0.05, 0.1) is 18.2 Å². The highest BCUT2D eigenvalue weighted by atomic mass is 16.5. The maximum Gasteiger partial charge on any atom is 0.328 e. The van der Waals surface area contributed by atoms with Crippen LogP contribution in [0, 0.1) is 17.3 Å². The molecule has 1 aromatic heterocycles. The number of barbiturate groups is 1. The third-order valence-corrected chi connectivity index (χ3v) is 6.45. The topological polar surface area (TPSA) is 106 Å². The van der Waals surface area contributed by atoms with Crippen molar-refractivity contribution in [1.82, 2.24) is 20.2 Å². The Hall–Kier alpha value is -3.64. The van der Waals surface area contributed by atoms with E-state index < -0.39 is 29.3 Å². The highest BCUT2D eigenvalue weighted by Crippen LogP contribution is 2.46. The quantitative estimate of drug-likeness (QED) is 0.468. The van der Waals surface area contributed by atoms with Gasteiger partial charge in [-0.1, -0.05) is 5.92 Å². The summed E-state index contributed by atoms with van der Waals surface area (Å²) < 4.78 is 7.85. The molecule has 2 fully saturated rings. The zero-order valence-electron chi connectivity index (χ0n) is 18.0. The molecule has 3 aliphatic rings. The number of imidazole rings is 1. The first-order valence-electron chi connectivity index (χ1n) is 10.5. The average molecular weight is 433 g/mol. The molecule has 9 heteroatoms. The van der Waals surface area contributed by atoms with Gasteiger partial charge in [0.2, 0.25) is 11.8 Å². The summed E-state index contributed by atoms with van der Waals surface area (Å²) >= 11 is 0. The molecule has 2 aromatic rings. The summed E-state index contributed by atoms with van der Waals surface area (Å²) in [5.41, 5.74) is 1.05. The first kappa shape index (κ1) is 20.3. The number of hydrogen-bond donors (Lipinski definition) is 2. The van der Waals surface area contributed by atoms with Crippen LogP contribution in [0.3, 0.4) is 0 Å². The van der Waals surface area contributed by atoms with Gasteiger partial charge in [0, 0.05) is 37.2 Å². The fourth-order valence-corrected chi connectivity index (χ4v) is 5.14. The largest absolute Gasteiger partial charge is 0.372 e. The molecule has 1 spiro atoms. The van der Waals surface area contributed by atoms with Crippen molar-refractivity contribution in [2.24, 2.45) is 12.5 Å². The molecule has 4 heterocycles. The SMILES string of the molecule is C[C@@H]1CN2c3ccc(C#Cc4nccn4C)cc3CC3(C(=O)NC(=O)NC3=O)[C@H]2[C@H](C)O1. The van der Waals surface area contributed by atoms with Gasteiger partial charge in [0.15, 0.2) is 11.2 Å². The molecule has 0 saturated carbocycles. The summed E-state index contributed by atoms with van der Waals surface area (Å²) in [7, 11) is 1.87. The minimum atomic E-state index is -1.48. The molecule has 1 aromatic carbocycles. The summed E-state index contributed by atoms with van der Waals surface area (Å²) in [6, 6.07) is 4.48. The number of morpholine rings is 1. The van der Waals surface area contributed by atoms with Crippen molar-refractivity contribution >= 4 is 23.5 Å². The predicted octanol–water partition coefficient (Wildman–Crippen LogP) is 0.711. The first-order chi connectivity index (χ1) is 15.3. The Balaban J connectivity index is 1.62. The highest BCUT2D eigenvalue weighted by molar-refractivity contribution is 6.20. The Morgan fingerprint density at radius 3 is 2.59 bits per heavy atom. The van der Waals surface area contributed by atoms with E-state index in [4.69, 9.17) is 4.74 Å². The molecule has 9 nitrogen and oxygen atoms in total. The van der Waals surface area contributed by atoms with Crippen molar-refractivity contribution in [3.8, 4) is 11.8 Å². The van der Waals surface area contributed by atoms with E-state index in [1.807, 2.05) is 49.9 Å². The first-order valence-corrected chi connectivity index (χ1v) is 10.5. The van der Waals surface area contributed by atoms with E-state index in [1.165, 1.54) is 0 Å². The second-order valence-corrected chi connectivity index (χ2v) is 8.59. The lowest BCUT2D eigenvalue weighted by molar-refractivity contribution is -0.153. The van der Waals surface area contributed by atoms with Crippen molar-refractivity contribution in [2.75, 3.05) is 11.4 Å². The van der Waals surface area contributed by atoms with Crippen LogP contribution in [0.4, 0.5) is 10.5 Å². The molecule has 0 unspecified atom stereocenters. The maximum absolute atomic E-state index is 13.2. The van der Waals surface area contributed by atoms with Crippen LogP contribution in [0.25, 0.3) is 0 Å². The molecule has 164 valence electrons. The predicted molar refractivity (Wildman–Crippen MR) is 115 cm³/mol. The van der Waals surface area contributed by atoms with Gasteiger partial charge < -0.3 is 14.2 Å². The van der Waals surface area contributed by atoms with Crippen molar-refractivity contribution < 1.29 is 19.1 Å². The average Bonchev–Trinajstić information content (AvgIpc) is 3.14. The van der Waals surface area contributed by atoms with Crippen LogP contribution >= 0.6 is 0 Å². The Morgan fingerprint density at radius 2 is 1.91 bits per heavy atom. The van der Waals surface area contributed by atoms with Crippen LogP contribution < -0.4 is 15.5 Å². The number of carbonyl (C=O) groups excluding carboxylic acids is 3. The van der Waals surface area contributed by atoms with Crippen molar-refractivity contribution in [3.63, 3.8) is 0 Å². The van der Waals surface area contributed by atoms with Crippen LogP contribution in [0.5, 0.6) is 0 Å². The molecule has 0 aliphatic carbocycles. The van der Waals surface area contributed by atoms with Crippen LogP contribution in [0.2, 0.25) is 0 Å². The van der Waals surface area contributed by atoms with E-state index >= 15 is 0 Å². The van der Waals surface area contributed by atoms with E-state index in [2.05, 4.69) is 32.4 Å². The lowest BCUT2D eigenvalue weighted by Crippen LogP contribution is -2.75. The van der Waals surface area contributed by atoms with E-state index in [9.17, 15) is 14.4 Å². The molecule has 5 rings (SSSR count). The lowest BCUT2D eigenvalue weighted by Gasteiger charge is -2.55. The van der Waals surface area contributed by atoms with Crippen LogP contribution in [0.1, 0.15) is 30.8 Å². The molecule has 0 radical (unpaired) electrons. The number of aryl methyl sites for hydroxylation is 1. The Bertz CT molecular complexity index is 1190. The minimum Gasteiger partial charge on any atom is -0.372 e. The van der Waals surface area contributed by atoms with Crippen LogP contribution in [0.15, 0.2) is 30.6 Å². The van der Waals surface area contributed by atoms with Crippen molar-refractivity contribution in [2.45, 2.75) is 38.5 Å². The Morgan fingerprint density at radius 1 is 1.16 bits per heavy atom. The number of nitrogens with one attached hydrogen (secondary N) is 2. The molecule has 4 amide bonds. The fraction of sp³-hybridized carbons (Fsp3) is 0.391. The number of benzene rings is 1. The van der Waals surface area contributed by atoms with Gasteiger partial charge in [-0.05, 0) is 50.0 Å². The summed E-state index contributed by atoms with van der Waals surface area (Å²) in [6.07, 6.45) is 3.18. The number of nitrogens with zero attached hydrogens (tertiary/aromatic N) is 3. The van der Waals surface area contributed by atoms with Crippen LogP contribution in [-0.2, 0) is 27.8 Å². The molecule has 0 bridgehead atoms. The number of ether oxygens (including phenoxy) is 1. The smallest absolute Gasteiger partial charge is 0.328 e. The zero-order valence-corrected chi connectivity index (χ0v) is 18.0. The van der Waals surface area contributed by atoms with Gasteiger partial charge in [-0.25, -0.2) is 9.78 Å². The summed E-state index contributed by atoms with van der Waals surface area (Å²) in [5.74, 6) is 5.61. The number of amides is 4. The second kappa shape index (κ2) is 7.21. The monoisotopic (exact) mass is 433 g/mol. The number of fused-ring (bicyclic) bond motifs is 4. The number of hydrogen-bond acceptors (Lipinski definition) is 6. The molecular formula is C23H23N5O4. The highest BCUT2D eigenvalue weighted by Gasteiger charge is 2.62. The summed E-state index contributed by atoms with van der Waals surface area (Å²) in [6.45, 7) is 4.35. The number of carbonyl (C=O) groups is 3. The normalized spacial score (nSPS) is 25.9. The van der Waals surface area contributed by atoms with Gasteiger partial charge in [-0.15, -0.1) is 0 Å². The molecule has 3 atom stereocenters. The van der Waals surface area contributed by atoms with Gasteiger partial charge >= 0.3 is 6.03 Å². The molecule has 2 N–H and O–H groups in total. The second-order valence-electron chi connectivity index (χ2n) is 8.59. The minimum absolute atomic E-state index is 0.0801. The summed E-state index contributed by atoms with van der Waals surface area (Å²) in [5, 5.41) is 4.60. The Labute approximate surface area is 185 Å². The van der Waals surface area contributed by atoms with E-state index in [0.29, 0.717) is 12.4 Å². The van der Waals surface area contributed by atoms with Crippen LogP contribution in [-0.4, -0.2) is 52.2 Å². The number of aromatic nitrogens is 2. The number of imide groups is 2. The molecular weight excluding hydrogens is 410 g/mol. The van der Waals surface area contributed by atoms with Crippen molar-refractivity contribution in [3.05, 3.63) is 47.5 Å². The van der Waals surface area contributed by atoms with E-state index in [1.54, 1.807) is 6.20 Å². The number of anilines is 1. The van der Waals surface area contributed by atoms with E-state index in [0.717, 1.165) is 16.8 Å². The van der Waals surface area contributed by atoms with Gasteiger partial charge in [0.1, 0.15) is 0 Å². The van der Waals surface area contributed by atoms with Crippen molar-refractivity contribution in [1.29, 1.82) is 0 Å². The number of rotatable bonds is 0.